The molecule has 3 rings (SSSR count). The molecule has 1 aliphatic rings. The Morgan fingerprint density at radius 1 is 1.38 bits per heavy atom. The lowest BCUT2D eigenvalue weighted by Gasteiger charge is -2.19. The molecule has 0 atom stereocenters. The van der Waals surface area contributed by atoms with Gasteiger partial charge in [-0.2, -0.15) is 0 Å². The average molecular weight is 397 g/mol. The highest BCUT2D eigenvalue weighted by Gasteiger charge is 2.17. The monoisotopic (exact) mass is 396 g/mol. The number of anilines is 1. The lowest BCUT2D eigenvalue weighted by Crippen LogP contribution is -2.33. The lowest BCUT2D eigenvalue weighted by atomic mass is 9.99. The molecule has 1 aliphatic heterocycles. The number of carbonyl (C=O) groups excluding carboxylic acids is 1. The van der Waals surface area contributed by atoms with Crippen LogP contribution in [0.3, 0.4) is 0 Å². The highest BCUT2D eigenvalue weighted by molar-refractivity contribution is 9.10. The number of H-pyrrole nitrogens is 1. The van der Waals surface area contributed by atoms with Crippen LogP contribution in [-0.2, 0) is 24.3 Å². The summed E-state index contributed by atoms with van der Waals surface area (Å²) in [6, 6.07) is 3.27. The SMILES string of the molecule is O=C(Cn1cc(Br)c(=O)[nH]c1=O)Nc1ccc2c(c1F)CCNC2. The van der Waals surface area contributed by atoms with E-state index in [9.17, 15) is 18.8 Å². The van der Waals surface area contributed by atoms with Crippen LogP contribution in [0, 0.1) is 5.82 Å². The van der Waals surface area contributed by atoms with Gasteiger partial charge in [-0.25, -0.2) is 9.18 Å². The minimum atomic E-state index is -0.713. The first kappa shape index (κ1) is 16.6. The van der Waals surface area contributed by atoms with Crippen LogP contribution < -0.4 is 21.9 Å². The van der Waals surface area contributed by atoms with Gasteiger partial charge >= 0.3 is 5.69 Å². The Balaban J connectivity index is 1.80. The quantitative estimate of drug-likeness (QED) is 0.712. The van der Waals surface area contributed by atoms with E-state index in [-0.39, 0.29) is 16.7 Å². The van der Waals surface area contributed by atoms with Crippen LogP contribution in [0.1, 0.15) is 11.1 Å². The molecule has 0 bridgehead atoms. The molecule has 126 valence electrons. The molecule has 0 saturated heterocycles. The second-order valence-corrected chi connectivity index (χ2v) is 6.26. The number of hydrogen-bond acceptors (Lipinski definition) is 4. The summed E-state index contributed by atoms with van der Waals surface area (Å²) in [5.74, 6) is -1.01. The number of aromatic amines is 1. The first-order chi connectivity index (χ1) is 11.5. The van der Waals surface area contributed by atoms with Crippen molar-refractivity contribution in [1.29, 1.82) is 0 Å². The number of amides is 1. The predicted molar refractivity (Wildman–Crippen MR) is 89.5 cm³/mol. The van der Waals surface area contributed by atoms with Gasteiger partial charge in [-0.05, 0) is 46.1 Å². The number of fused-ring (bicyclic) bond motifs is 1. The highest BCUT2D eigenvalue weighted by atomic mass is 79.9. The molecular formula is C15H14BrFN4O3. The van der Waals surface area contributed by atoms with E-state index in [2.05, 4.69) is 31.5 Å². The van der Waals surface area contributed by atoms with Crippen molar-refractivity contribution in [2.24, 2.45) is 0 Å². The van der Waals surface area contributed by atoms with Crippen LogP contribution in [0.15, 0.2) is 32.4 Å². The van der Waals surface area contributed by atoms with E-state index < -0.39 is 23.0 Å². The van der Waals surface area contributed by atoms with E-state index in [1.54, 1.807) is 6.07 Å². The van der Waals surface area contributed by atoms with Crippen molar-refractivity contribution in [1.82, 2.24) is 14.9 Å². The van der Waals surface area contributed by atoms with Crippen LogP contribution in [0.2, 0.25) is 0 Å². The molecule has 0 aliphatic carbocycles. The molecule has 1 amide bonds. The zero-order valence-electron chi connectivity index (χ0n) is 12.5. The van der Waals surface area contributed by atoms with E-state index in [0.717, 1.165) is 10.1 Å². The Morgan fingerprint density at radius 2 is 2.17 bits per heavy atom. The maximum absolute atomic E-state index is 14.5. The van der Waals surface area contributed by atoms with Crippen molar-refractivity contribution >= 4 is 27.5 Å². The Hall–Kier alpha value is -2.26. The zero-order valence-corrected chi connectivity index (χ0v) is 14.1. The Labute approximate surface area is 144 Å². The number of carbonyl (C=O) groups is 1. The van der Waals surface area contributed by atoms with Gasteiger partial charge in [0.2, 0.25) is 5.91 Å². The molecule has 9 heteroatoms. The third-order valence-electron chi connectivity index (χ3n) is 3.76. The van der Waals surface area contributed by atoms with Gasteiger partial charge in [-0.3, -0.25) is 19.1 Å². The largest absolute Gasteiger partial charge is 0.328 e. The maximum atomic E-state index is 14.5. The van der Waals surface area contributed by atoms with Crippen molar-refractivity contribution in [3.63, 3.8) is 0 Å². The summed E-state index contributed by atoms with van der Waals surface area (Å²) in [7, 11) is 0. The average Bonchev–Trinajstić information content (AvgIpc) is 2.55. The Bertz CT molecular complexity index is 922. The summed E-state index contributed by atoms with van der Waals surface area (Å²) in [6.45, 7) is 0.940. The summed E-state index contributed by atoms with van der Waals surface area (Å²) in [5, 5.41) is 5.62. The predicted octanol–water partition coefficient (Wildman–Crippen LogP) is 0.723. The van der Waals surface area contributed by atoms with E-state index in [0.29, 0.717) is 25.1 Å². The molecular weight excluding hydrogens is 383 g/mol. The Morgan fingerprint density at radius 3 is 2.96 bits per heavy atom. The van der Waals surface area contributed by atoms with Gasteiger partial charge < -0.3 is 10.6 Å². The van der Waals surface area contributed by atoms with E-state index in [1.165, 1.54) is 12.3 Å². The van der Waals surface area contributed by atoms with Gasteiger partial charge in [0.25, 0.3) is 5.56 Å². The third kappa shape index (κ3) is 3.31. The fraction of sp³-hybridized carbons (Fsp3) is 0.267. The third-order valence-corrected chi connectivity index (χ3v) is 4.33. The van der Waals surface area contributed by atoms with E-state index in [1.807, 2.05) is 0 Å². The van der Waals surface area contributed by atoms with Gasteiger partial charge in [-0.1, -0.05) is 6.07 Å². The normalized spacial score (nSPS) is 13.4. The fourth-order valence-corrected chi connectivity index (χ4v) is 2.92. The molecule has 0 fully saturated rings. The Kier molecular flexibility index (Phi) is 4.63. The second-order valence-electron chi connectivity index (χ2n) is 5.40. The smallest absolute Gasteiger partial charge is 0.322 e. The minimum absolute atomic E-state index is 0.0807. The number of rotatable bonds is 3. The zero-order chi connectivity index (χ0) is 17.3. The van der Waals surface area contributed by atoms with Crippen molar-refractivity contribution in [3.8, 4) is 0 Å². The standard InChI is InChI=1S/C15H14BrFN4O3/c16-10-6-21(15(24)20-14(10)23)7-12(22)19-11-2-1-8-5-18-4-3-9(8)13(11)17/h1-2,6,18H,3-5,7H2,(H,19,22)(H,20,23,24). The summed E-state index contributed by atoms with van der Waals surface area (Å²) in [4.78, 5) is 37.1. The van der Waals surface area contributed by atoms with E-state index >= 15 is 0 Å². The van der Waals surface area contributed by atoms with Crippen LogP contribution in [0.4, 0.5) is 10.1 Å². The summed E-state index contributed by atoms with van der Waals surface area (Å²) in [6.07, 6.45) is 1.77. The topological polar surface area (TPSA) is 96.0 Å². The number of hydrogen-bond donors (Lipinski definition) is 3. The number of nitrogens with one attached hydrogen (secondary N) is 3. The molecule has 7 nitrogen and oxygen atoms in total. The first-order valence-corrected chi connectivity index (χ1v) is 8.05. The number of nitrogens with zero attached hydrogens (tertiary/aromatic N) is 1. The summed E-state index contributed by atoms with van der Waals surface area (Å²) >= 11 is 2.99. The second kappa shape index (κ2) is 6.70. The lowest BCUT2D eigenvalue weighted by molar-refractivity contribution is -0.116. The molecule has 1 aromatic carbocycles. The molecule has 2 aromatic rings. The van der Waals surface area contributed by atoms with Gasteiger partial charge in [0.1, 0.15) is 12.4 Å². The highest BCUT2D eigenvalue weighted by Crippen LogP contribution is 2.24. The van der Waals surface area contributed by atoms with Gasteiger partial charge in [0.15, 0.2) is 0 Å². The molecule has 24 heavy (non-hydrogen) atoms. The van der Waals surface area contributed by atoms with Gasteiger partial charge in [0, 0.05) is 12.7 Å². The fourth-order valence-electron chi connectivity index (χ4n) is 2.57. The van der Waals surface area contributed by atoms with Crippen LogP contribution in [-0.4, -0.2) is 22.0 Å². The summed E-state index contributed by atoms with van der Waals surface area (Å²) < 4.78 is 15.6. The first-order valence-electron chi connectivity index (χ1n) is 7.26. The number of benzene rings is 1. The van der Waals surface area contributed by atoms with Crippen molar-refractivity contribution in [2.75, 3.05) is 11.9 Å². The molecule has 1 aromatic heterocycles. The molecule has 2 heterocycles. The number of halogens is 2. The minimum Gasteiger partial charge on any atom is -0.322 e. The summed E-state index contributed by atoms with van der Waals surface area (Å²) in [5.41, 5.74) is 0.256. The molecule has 0 spiro atoms. The van der Waals surface area contributed by atoms with Crippen molar-refractivity contribution < 1.29 is 9.18 Å². The molecule has 0 unspecified atom stereocenters. The van der Waals surface area contributed by atoms with Crippen LogP contribution >= 0.6 is 15.9 Å². The maximum Gasteiger partial charge on any atom is 0.328 e. The van der Waals surface area contributed by atoms with E-state index in [4.69, 9.17) is 0 Å². The molecule has 0 radical (unpaired) electrons. The molecule has 3 N–H and O–H groups in total. The van der Waals surface area contributed by atoms with Gasteiger partial charge in [-0.15, -0.1) is 0 Å². The van der Waals surface area contributed by atoms with Crippen molar-refractivity contribution in [2.45, 2.75) is 19.5 Å². The van der Waals surface area contributed by atoms with Crippen LogP contribution in [0.25, 0.3) is 0 Å². The van der Waals surface area contributed by atoms with Crippen LogP contribution in [0.5, 0.6) is 0 Å². The molecule has 0 saturated carbocycles. The van der Waals surface area contributed by atoms with Gasteiger partial charge in [0.05, 0.1) is 10.2 Å². The van der Waals surface area contributed by atoms with Crippen molar-refractivity contribution in [3.05, 3.63) is 60.6 Å². The number of aromatic nitrogens is 2.